The van der Waals surface area contributed by atoms with Crippen molar-refractivity contribution >= 4 is 5.69 Å². The minimum Gasteiger partial charge on any atom is -0.493 e. The number of rotatable bonds is 4. The fourth-order valence-electron chi connectivity index (χ4n) is 1.59. The van der Waals surface area contributed by atoms with Crippen LogP contribution in [0.5, 0.6) is 11.5 Å². The molecule has 0 aromatic heterocycles. The van der Waals surface area contributed by atoms with Crippen molar-refractivity contribution in [1.29, 1.82) is 0 Å². The van der Waals surface area contributed by atoms with Gasteiger partial charge in [0.25, 0.3) is 0 Å². The van der Waals surface area contributed by atoms with E-state index in [2.05, 4.69) is 0 Å². The zero-order valence-corrected chi connectivity index (χ0v) is 10.0. The van der Waals surface area contributed by atoms with Crippen LogP contribution in [0.2, 0.25) is 0 Å². The molecule has 2 aromatic carbocycles. The van der Waals surface area contributed by atoms with Gasteiger partial charge in [-0.05, 0) is 30.3 Å². The van der Waals surface area contributed by atoms with E-state index in [9.17, 15) is 4.39 Å². The van der Waals surface area contributed by atoms with Gasteiger partial charge in [-0.2, -0.15) is 0 Å². The molecule has 0 radical (unpaired) electrons. The van der Waals surface area contributed by atoms with Gasteiger partial charge in [0.15, 0.2) is 11.5 Å². The van der Waals surface area contributed by atoms with Crippen LogP contribution in [0.15, 0.2) is 42.5 Å². The molecule has 0 atom stereocenters. The average molecular weight is 247 g/mol. The topological polar surface area (TPSA) is 44.5 Å². The van der Waals surface area contributed by atoms with Gasteiger partial charge < -0.3 is 15.2 Å². The first kappa shape index (κ1) is 12.2. The smallest absolute Gasteiger partial charge is 0.161 e. The minimum absolute atomic E-state index is 0.198. The molecule has 0 unspecified atom stereocenters. The van der Waals surface area contributed by atoms with Gasteiger partial charge >= 0.3 is 0 Å². The number of ether oxygens (including phenoxy) is 2. The largest absolute Gasteiger partial charge is 0.493 e. The van der Waals surface area contributed by atoms with Gasteiger partial charge in [0.1, 0.15) is 12.4 Å². The predicted octanol–water partition coefficient (Wildman–Crippen LogP) is 3.00. The summed E-state index contributed by atoms with van der Waals surface area (Å²) in [5, 5.41) is 0. The molecule has 0 bridgehead atoms. The Morgan fingerprint density at radius 3 is 2.56 bits per heavy atom. The maximum Gasteiger partial charge on any atom is 0.161 e. The van der Waals surface area contributed by atoms with E-state index in [4.69, 9.17) is 15.2 Å². The summed E-state index contributed by atoms with van der Waals surface area (Å²) in [6.07, 6.45) is 0. The summed E-state index contributed by atoms with van der Waals surface area (Å²) in [7, 11) is 1.57. The van der Waals surface area contributed by atoms with E-state index >= 15 is 0 Å². The summed E-state index contributed by atoms with van der Waals surface area (Å²) < 4.78 is 23.8. The van der Waals surface area contributed by atoms with Gasteiger partial charge in [-0.1, -0.05) is 12.1 Å². The van der Waals surface area contributed by atoms with Crippen molar-refractivity contribution in [2.75, 3.05) is 12.8 Å². The van der Waals surface area contributed by atoms with E-state index in [0.29, 0.717) is 22.7 Å². The molecule has 0 aliphatic carbocycles. The molecule has 0 aliphatic rings. The van der Waals surface area contributed by atoms with Crippen LogP contribution in [0.4, 0.5) is 10.1 Å². The van der Waals surface area contributed by atoms with Gasteiger partial charge in [-0.3, -0.25) is 0 Å². The molecule has 3 nitrogen and oxygen atoms in total. The number of benzene rings is 2. The van der Waals surface area contributed by atoms with Gasteiger partial charge in [-0.25, -0.2) is 4.39 Å². The van der Waals surface area contributed by atoms with Crippen LogP contribution in [0.25, 0.3) is 0 Å². The zero-order valence-electron chi connectivity index (χ0n) is 10.0. The van der Waals surface area contributed by atoms with Gasteiger partial charge in [-0.15, -0.1) is 0 Å². The number of anilines is 1. The van der Waals surface area contributed by atoms with Crippen molar-refractivity contribution in [1.82, 2.24) is 0 Å². The second kappa shape index (κ2) is 5.40. The van der Waals surface area contributed by atoms with Crippen LogP contribution in [-0.2, 0) is 6.61 Å². The molecule has 94 valence electrons. The van der Waals surface area contributed by atoms with E-state index in [0.717, 1.165) is 0 Å². The molecule has 18 heavy (non-hydrogen) atoms. The Bertz CT molecular complexity index is 543. The van der Waals surface area contributed by atoms with Crippen LogP contribution >= 0.6 is 0 Å². The molecule has 0 spiro atoms. The lowest BCUT2D eigenvalue weighted by Crippen LogP contribution is -2.01. The van der Waals surface area contributed by atoms with E-state index in [1.54, 1.807) is 19.2 Å². The number of nitrogen functional groups attached to an aromatic ring is 1. The molecule has 2 aromatic rings. The first-order valence-electron chi connectivity index (χ1n) is 5.50. The van der Waals surface area contributed by atoms with E-state index in [1.807, 2.05) is 12.1 Å². The van der Waals surface area contributed by atoms with Crippen molar-refractivity contribution in [2.45, 2.75) is 6.61 Å². The Labute approximate surface area is 105 Å². The van der Waals surface area contributed by atoms with Crippen molar-refractivity contribution in [3.8, 4) is 11.5 Å². The molecule has 2 rings (SSSR count). The molecule has 0 amide bonds. The number of methoxy groups -OCH3 is 1. The molecule has 0 saturated heterocycles. The molecule has 4 heteroatoms. The summed E-state index contributed by atoms with van der Waals surface area (Å²) in [6, 6.07) is 11.5. The summed E-state index contributed by atoms with van der Waals surface area (Å²) >= 11 is 0. The fraction of sp³-hybridized carbons (Fsp3) is 0.143. The van der Waals surface area contributed by atoms with Crippen LogP contribution < -0.4 is 15.2 Å². The summed E-state index contributed by atoms with van der Waals surface area (Å²) in [5.74, 6) is 0.902. The Morgan fingerprint density at radius 2 is 1.83 bits per heavy atom. The van der Waals surface area contributed by atoms with Crippen LogP contribution in [0.1, 0.15) is 5.56 Å². The monoisotopic (exact) mass is 247 g/mol. The maximum absolute atomic E-state index is 13.1. The second-order valence-electron chi connectivity index (χ2n) is 3.78. The average Bonchev–Trinajstić information content (AvgIpc) is 2.40. The maximum atomic E-state index is 13.1. The number of hydrogen-bond acceptors (Lipinski definition) is 3. The Morgan fingerprint density at radius 1 is 1.11 bits per heavy atom. The Hall–Kier alpha value is -2.23. The van der Waals surface area contributed by atoms with E-state index < -0.39 is 0 Å². The van der Waals surface area contributed by atoms with Crippen molar-refractivity contribution in [2.24, 2.45) is 0 Å². The van der Waals surface area contributed by atoms with Crippen molar-refractivity contribution in [3.63, 3.8) is 0 Å². The highest BCUT2D eigenvalue weighted by Crippen LogP contribution is 2.27. The zero-order chi connectivity index (χ0) is 13.0. The highest BCUT2D eigenvalue weighted by Gasteiger charge is 2.05. The van der Waals surface area contributed by atoms with Gasteiger partial charge in [0, 0.05) is 11.3 Å². The third-order valence-electron chi connectivity index (χ3n) is 2.56. The predicted molar refractivity (Wildman–Crippen MR) is 68.1 cm³/mol. The molecule has 0 heterocycles. The molecule has 0 saturated carbocycles. The lowest BCUT2D eigenvalue weighted by Gasteiger charge is -2.11. The molecule has 2 N–H and O–H groups in total. The van der Waals surface area contributed by atoms with Crippen molar-refractivity contribution < 1.29 is 13.9 Å². The Kier molecular flexibility index (Phi) is 3.67. The van der Waals surface area contributed by atoms with E-state index in [1.165, 1.54) is 18.2 Å². The second-order valence-corrected chi connectivity index (χ2v) is 3.78. The molecular formula is C14H14FNO2. The first-order chi connectivity index (χ1) is 8.70. The summed E-state index contributed by atoms with van der Waals surface area (Å²) in [4.78, 5) is 0. The molecule has 0 fully saturated rings. The number of halogens is 1. The van der Waals surface area contributed by atoms with Crippen LogP contribution in [-0.4, -0.2) is 7.11 Å². The standard InChI is InChI=1S/C14H14FNO2/c1-17-13-4-2-3-5-14(13)18-9-10-8-11(15)6-7-12(10)16/h2-8H,9,16H2,1H3. The third-order valence-corrected chi connectivity index (χ3v) is 2.56. The quantitative estimate of drug-likeness (QED) is 0.845. The highest BCUT2D eigenvalue weighted by molar-refractivity contribution is 5.47. The number of nitrogens with two attached hydrogens (primary N) is 1. The normalized spacial score (nSPS) is 10.1. The van der Waals surface area contributed by atoms with Gasteiger partial charge in [0.2, 0.25) is 0 Å². The summed E-state index contributed by atoms with van der Waals surface area (Å²) in [6.45, 7) is 0.198. The SMILES string of the molecule is COc1ccccc1OCc1cc(F)ccc1N. The number of para-hydroxylation sites is 2. The highest BCUT2D eigenvalue weighted by atomic mass is 19.1. The van der Waals surface area contributed by atoms with Crippen LogP contribution in [0.3, 0.4) is 0 Å². The van der Waals surface area contributed by atoms with E-state index in [-0.39, 0.29) is 12.4 Å². The summed E-state index contributed by atoms with van der Waals surface area (Å²) in [5.41, 5.74) is 6.86. The fourth-order valence-corrected chi connectivity index (χ4v) is 1.59. The lowest BCUT2D eigenvalue weighted by molar-refractivity contribution is 0.284. The third kappa shape index (κ3) is 2.71. The lowest BCUT2D eigenvalue weighted by atomic mass is 10.2. The van der Waals surface area contributed by atoms with Gasteiger partial charge in [0.05, 0.1) is 7.11 Å². The molecular weight excluding hydrogens is 233 g/mol. The van der Waals surface area contributed by atoms with Crippen LogP contribution in [0, 0.1) is 5.82 Å². The first-order valence-corrected chi connectivity index (χ1v) is 5.50. The minimum atomic E-state index is -0.331. The Balaban J connectivity index is 2.14. The molecule has 0 aliphatic heterocycles. The van der Waals surface area contributed by atoms with Crippen molar-refractivity contribution in [3.05, 3.63) is 53.8 Å². The number of hydrogen-bond donors (Lipinski definition) is 1.